The van der Waals surface area contributed by atoms with Gasteiger partial charge >= 0.3 is 11.9 Å². The van der Waals surface area contributed by atoms with Crippen molar-refractivity contribution in [2.45, 2.75) is 26.3 Å². The van der Waals surface area contributed by atoms with Crippen molar-refractivity contribution in [2.24, 2.45) is 0 Å². The minimum absolute atomic E-state index is 0.0663. The molecule has 0 saturated carbocycles. The lowest BCUT2D eigenvalue weighted by molar-refractivity contribution is -0.158. The van der Waals surface area contributed by atoms with Crippen LogP contribution in [0.1, 0.15) is 20.3 Å². The van der Waals surface area contributed by atoms with E-state index in [1.165, 1.54) is 12.0 Å². The number of hydrogen-bond donors (Lipinski definition) is 0. The van der Waals surface area contributed by atoms with Crippen molar-refractivity contribution in [2.75, 3.05) is 14.2 Å². The lowest BCUT2D eigenvalue weighted by Crippen LogP contribution is -2.39. The summed E-state index contributed by atoms with van der Waals surface area (Å²) in [5, 5.41) is 0. The van der Waals surface area contributed by atoms with Gasteiger partial charge in [0.1, 0.15) is 0 Å². The maximum absolute atomic E-state index is 11.1. The molecule has 0 aromatic heterocycles. The highest BCUT2D eigenvalue weighted by Crippen LogP contribution is 2.00. The van der Waals surface area contributed by atoms with E-state index >= 15 is 0 Å². The summed E-state index contributed by atoms with van der Waals surface area (Å²) in [5.74, 6) is -1.40. The number of nitrogens with zero attached hydrogens (tertiary/aromatic N) is 1. The first kappa shape index (κ1) is 10.9. The van der Waals surface area contributed by atoms with E-state index in [2.05, 4.69) is 4.74 Å². The normalized spacial score (nSPS) is 12.0. The van der Waals surface area contributed by atoms with Gasteiger partial charge in [-0.05, 0) is 13.3 Å². The summed E-state index contributed by atoms with van der Waals surface area (Å²) in [7, 11) is 2.79. The van der Waals surface area contributed by atoms with E-state index in [4.69, 9.17) is 0 Å². The van der Waals surface area contributed by atoms with Crippen molar-refractivity contribution >= 4 is 11.9 Å². The number of esters is 1. The first-order chi connectivity index (χ1) is 5.54. The number of carbonyl (C=O) groups excluding carboxylic acids is 2. The molecule has 1 amide bonds. The van der Waals surface area contributed by atoms with E-state index in [0.29, 0.717) is 0 Å². The van der Waals surface area contributed by atoms with Crippen molar-refractivity contribution < 1.29 is 14.3 Å². The molecule has 0 bridgehead atoms. The molecule has 1 atom stereocenters. The monoisotopic (exact) mass is 173 g/mol. The summed E-state index contributed by atoms with van der Waals surface area (Å²) in [4.78, 5) is 23.3. The zero-order valence-corrected chi connectivity index (χ0v) is 7.96. The fraction of sp³-hybridized carbons (Fsp3) is 0.750. The van der Waals surface area contributed by atoms with E-state index < -0.39 is 11.9 Å². The van der Waals surface area contributed by atoms with Crippen LogP contribution in [0.25, 0.3) is 0 Å². The second kappa shape index (κ2) is 4.74. The van der Waals surface area contributed by atoms with E-state index in [1.54, 1.807) is 7.05 Å². The lowest BCUT2D eigenvalue weighted by Gasteiger charge is -2.21. The third-order valence-corrected chi connectivity index (χ3v) is 1.93. The molecule has 1 unspecified atom stereocenters. The topological polar surface area (TPSA) is 46.6 Å². The molecule has 12 heavy (non-hydrogen) atoms. The zero-order valence-electron chi connectivity index (χ0n) is 7.96. The summed E-state index contributed by atoms with van der Waals surface area (Å²) >= 11 is 0. The number of ether oxygens (including phenoxy) is 1. The van der Waals surface area contributed by atoms with Gasteiger partial charge in [0.2, 0.25) is 0 Å². The van der Waals surface area contributed by atoms with Crippen molar-refractivity contribution in [3.05, 3.63) is 0 Å². The molecular weight excluding hydrogens is 158 g/mol. The molecule has 0 spiro atoms. The Hall–Kier alpha value is -1.06. The number of amides is 1. The molecule has 0 radical (unpaired) electrons. The molecule has 0 aromatic rings. The van der Waals surface area contributed by atoms with Crippen molar-refractivity contribution in [3.8, 4) is 0 Å². The fourth-order valence-corrected chi connectivity index (χ4v) is 0.705. The highest BCUT2D eigenvalue weighted by molar-refractivity contribution is 6.32. The minimum Gasteiger partial charge on any atom is -0.462 e. The largest absolute Gasteiger partial charge is 0.462 e. The smallest absolute Gasteiger partial charge is 0.396 e. The average Bonchev–Trinajstić information content (AvgIpc) is 2.12. The molecule has 70 valence electrons. The van der Waals surface area contributed by atoms with Crippen LogP contribution in [0.4, 0.5) is 0 Å². The number of methoxy groups -OCH3 is 1. The van der Waals surface area contributed by atoms with Gasteiger partial charge in [0.25, 0.3) is 0 Å². The van der Waals surface area contributed by atoms with Gasteiger partial charge in [0, 0.05) is 13.1 Å². The van der Waals surface area contributed by atoms with Crippen LogP contribution in [-0.2, 0) is 14.3 Å². The molecule has 4 heteroatoms. The fourth-order valence-electron chi connectivity index (χ4n) is 0.705. The maximum atomic E-state index is 11.1. The second-order valence-corrected chi connectivity index (χ2v) is 2.66. The number of likely N-dealkylation sites (N-methyl/N-ethyl adjacent to an activating group) is 1. The van der Waals surface area contributed by atoms with E-state index in [0.717, 1.165) is 6.42 Å². The zero-order chi connectivity index (χ0) is 9.72. The van der Waals surface area contributed by atoms with Crippen LogP contribution in [0.2, 0.25) is 0 Å². The standard InChI is InChI=1S/C8H15NO3/c1-5-6(2)9(3)7(10)8(11)12-4/h6H,5H2,1-4H3. The van der Waals surface area contributed by atoms with Gasteiger partial charge in [-0.2, -0.15) is 0 Å². The van der Waals surface area contributed by atoms with Crippen LogP contribution < -0.4 is 0 Å². The van der Waals surface area contributed by atoms with Gasteiger partial charge in [-0.25, -0.2) is 4.79 Å². The molecular formula is C8H15NO3. The number of rotatable bonds is 2. The predicted molar refractivity (Wildman–Crippen MR) is 44.5 cm³/mol. The third-order valence-electron chi connectivity index (χ3n) is 1.93. The van der Waals surface area contributed by atoms with Crippen LogP contribution >= 0.6 is 0 Å². The van der Waals surface area contributed by atoms with Crippen LogP contribution in [0, 0.1) is 0 Å². The van der Waals surface area contributed by atoms with Gasteiger partial charge < -0.3 is 9.64 Å². The first-order valence-electron chi connectivity index (χ1n) is 3.89. The van der Waals surface area contributed by atoms with E-state index in [1.807, 2.05) is 13.8 Å². The lowest BCUT2D eigenvalue weighted by atomic mass is 10.2. The maximum Gasteiger partial charge on any atom is 0.396 e. The summed E-state index contributed by atoms with van der Waals surface area (Å²) in [5.41, 5.74) is 0. The summed E-state index contributed by atoms with van der Waals surface area (Å²) in [6.07, 6.45) is 0.819. The Balaban J connectivity index is 4.19. The molecule has 0 N–H and O–H groups in total. The molecule has 0 heterocycles. The van der Waals surface area contributed by atoms with Crippen LogP contribution in [0.3, 0.4) is 0 Å². The molecule has 0 rings (SSSR count). The Labute approximate surface area is 72.5 Å². The van der Waals surface area contributed by atoms with Crippen molar-refractivity contribution in [3.63, 3.8) is 0 Å². The number of hydrogen-bond acceptors (Lipinski definition) is 3. The summed E-state index contributed by atoms with van der Waals surface area (Å²) < 4.78 is 4.30. The van der Waals surface area contributed by atoms with Gasteiger partial charge in [-0.1, -0.05) is 6.92 Å². The van der Waals surface area contributed by atoms with Crippen molar-refractivity contribution in [1.29, 1.82) is 0 Å². The first-order valence-corrected chi connectivity index (χ1v) is 3.89. The summed E-state index contributed by atoms with van der Waals surface area (Å²) in [6, 6.07) is 0.0663. The molecule has 0 fully saturated rings. The van der Waals surface area contributed by atoms with Crippen LogP contribution in [0.15, 0.2) is 0 Å². The molecule has 0 aromatic carbocycles. The quantitative estimate of drug-likeness (QED) is 0.449. The van der Waals surface area contributed by atoms with Crippen molar-refractivity contribution in [1.82, 2.24) is 4.90 Å². The summed E-state index contributed by atoms with van der Waals surface area (Å²) in [6.45, 7) is 3.83. The Kier molecular flexibility index (Phi) is 4.33. The Morgan fingerprint density at radius 1 is 1.50 bits per heavy atom. The molecule has 0 aliphatic carbocycles. The van der Waals surface area contributed by atoms with E-state index in [-0.39, 0.29) is 6.04 Å². The van der Waals surface area contributed by atoms with Gasteiger partial charge in [0.15, 0.2) is 0 Å². The van der Waals surface area contributed by atoms with Gasteiger partial charge in [-0.15, -0.1) is 0 Å². The third kappa shape index (κ3) is 2.53. The predicted octanol–water partition coefficient (Wildman–Crippen LogP) is 0.416. The Bertz CT molecular complexity index is 179. The number of carbonyl (C=O) groups is 2. The van der Waals surface area contributed by atoms with Crippen LogP contribution in [0.5, 0.6) is 0 Å². The molecule has 0 saturated heterocycles. The Morgan fingerprint density at radius 3 is 2.33 bits per heavy atom. The van der Waals surface area contributed by atoms with Gasteiger partial charge in [-0.3, -0.25) is 4.79 Å². The van der Waals surface area contributed by atoms with Gasteiger partial charge in [0.05, 0.1) is 7.11 Å². The highest BCUT2D eigenvalue weighted by Gasteiger charge is 2.21. The van der Waals surface area contributed by atoms with Crippen LogP contribution in [-0.4, -0.2) is 37.0 Å². The Morgan fingerprint density at radius 2 is 2.00 bits per heavy atom. The highest BCUT2D eigenvalue weighted by atomic mass is 16.5. The molecule has 0 aliphatic heterocycles. The second-order valence-electron chi connectivity index (χ2n) is 2.66. The molecule has 0 aliphatic rings. The SMILES string of the molecule is CCC(C)N(C)C(=O)C(=O)OC. The van der Waals surface area contributed by atoms with E-state index in [9.17, 15) is 9.59 Å². The minimum atomic E-state index is -0.808. The molecule has 4 nitrogen and oxygen atoms in total. The average molecular weight is 173 g/mol.